The van der Waals surface area contributed by atoms with Gasteiger partial charge in [-0.2, -0.15) is 5.10 Å². The van der Waals surface area contributed by atoms with E-state index in [1.807, 2.05) is 0 Å². The Balaban J connectivity index is 0.969. The number of carbonyl (C=O) groups is 1. The van der Waals surface area contributed by atoms with Crippen molar-refractivity contribution in [2.45, 2.75) is 57.6 Å². The van der Waals surface area contributed by atoms with Crippen LogP contribution in [0.15, 0.2) is 67.0 Å². The number of amides is 1. The molecule has 1 N–H and O–H groups in total. The lowest BCUT2D eigenvalue weighted by Crippen LogP contribution is -2.60. The average molecular weight is 575 g/mol. The van der Waals surface area contributed by atoms with Crippen molar-refractivity contribution < 1.29 is 18.3 Å². The Labute approximate surface area is 244 Å². The third kappa shape index (κ3) is 5.80. The highest BCUT2D eigenvalue weighted by atomic mass is 19.3. The molecule has 8 nitrogen and oxygen atoms in total. The van der Waals surface area contributed by atoms with Crippen molar-refractivity contribution in [2.24, 2.45) is 5.41 Å². The number of pyridine rings is 1. The van der Waals surface area contributed by atoms with Crippen molar-refractivity contribution >= 4 is 11.6 Å². The third-order valence-electron chi connectivity index (χ3n) is 8.94. The number of likely N-dealkylation sites (tertiary alicyclic amines) is 1. The maximum atomic E-state index is 13.2. The number of benzene rings is 1. The lowest BCUT2D eigenvalue weighted by molar-refractivity contribution is -0.123. The summed E-state index contributed by atoms with van der Waals surface area (Å²) < 4.78 is 31.0. The minimum absolute atomic E-state index is 0.0504. The van der Waals surface area contributed by atoms with Crippen LogP contribution < -0.4 is 15.0 Å². The number of rotatable bonds is 10. The van der Waals surface area contributed by atoms with Crippen LogP contribution in [0, 0.1) is 5.41 Å². The fourth-order valence-electron chi connectivity index (χ4n) is 5.99. The molecule has 10 heteroatoms. The van der Waals surface area contributed by atoms with Gasteiger partial charge in [0, 0.05) is 67.3 Å². The van der Waals surface area contributed by atoms with Gasteiger partial charge in [-0.3, -0.25) is 9.78 Å². The van der Waals surface area contributed by atoms with Crippen LogP contribution >= 0.6 is 0 Å². The number of hydrogen-bond acceptors (Lipinski definition) is 7. The van der Waals surface area contributed by atoms with Gasteiger partial charge in [-0.25, -0.2) is 8.78 Å². The van der Waals surface area contributed by atoms with Crippen LogP contribution in [0.5, 0.6) is 5.88 Å². The van der Waals surface area contributed by atoms with Crippen LogP contribution in [0.4, 0.5) is 14.5 Å². The van der Waals surface area contributed by atoms with E-state index in [2.05, 4.69) is 68.1 Å². The molecule has 1 amide bonds. The number of alkyl halides is 2. The molecule has 2 saturated heterocycles. The van der Waals surface area contributed by atoms with E-state index in [1.165, 1.54) is 36.5 Å². The predicted octanol–water partition coefficient (Wildman–Crippen LogP) is 5.17. The molecule has 0 radical (unpaired) electrons. The molecule has 220 valence electrons. The van der Waals surface area contributed by atoms with Crippen molar-refractivity contribution in [1.29, 1.82) is 0 Å². The van der Waals surface area contributed by atoms with Gasteiger partial charge < -0.3 is 19.9 Å². The summed E-state index contributed by atoms with van der Waals surface area (Å²) in [6.45, 7) is 11.2. The van der Waals surface area contributed by atoms with E-state index in [4.69, 9.17) is 4.74 Å². The van der Waals surface area contributed by atoms with Gasteiger partial charge in [0.05, 0.1) is 11.1 Å². The first-order valence-electron chi connectivity index (χ1n) is 14.5. The van der Waals surface area contributed by atoms with E-state index in [9.17, 15) is 13.6 Å². The molecule has 6 rings (SSSR count). The Morgan fingerprint density at radius 1 is 1.00 bits per heavy atom. The molecule has 1 aliphatic carbocycles. The van der Waals surface area contributed by atoms with E-state index in [-0.39, 0.29) is 18.2 Å². The third-order valence-corrected chi connectivity index (χ3v) is 8.94. The minimum Gasteiger partial charge on any atom is -0.472 e. The molecule has 42 heavy (non-hydrogen) atoms. The highest BCUT2D eigenvalue weighted by Crippen LogP contribution is 2.47. The summed E-state index contributed by atoms with van der Waals surface area (Å²) in [6, 6.07) is 14.7. The summed E-state index contributed by atoms with van der Waals surface area (Å²) in [4.78, 5) is 21.7. The molecular formula is C32H36F2N6O2. The Kier molecular flexibility index (Phi) is 7.55. The van der Waals surface area contributed by atoms with Gasteiger partial charge in [-0.15, -0.1) is 5.10 Å². The van der Waals surface area contributed by atoms with Gasteiger partial charge in [0.15, 0.2) is 0 Å². The standard InChI is InChI=1S/C32H36F2N6O2/c1-22(2)39-15-13-31(14-16-39)20-40(21-31)25-6-3-23(4-7-25)17-36-30(41)32(11-12-32)27-9-10-28(38-37-27)42-19-24-5-8-26(29(33)34)35-18-24/h3-10,18,29H,1,11-17,19-21H2,2H3,(H,36,41). The van der Waals surface area contributed by atoms with E-state index < -0.39 is 11.8 Å². The largest absolute Gasteiger partial charge is 0.472 e. The fourth-order valence-corrected chi connectivity index (χ4v) is 5.99. The van der Waals surface area contributed by atoms with Crippen molar-refractivity contribution in [3.8, 4) is 5.88 Å². The summed E-state index contributed by atoms with van der Waals surface area (Å²) in [5.74, 6) is 0.240. The molecule has 1 spiro atoms. The first kappa shape index (κ1) is 28.1. The highest BCUT2D eigenvalue weighted by molar-refractivity contribution is 5.90. The molecule has 1 saturated carbocycles. The van der Waals surface area contributed by atoms with Gasteiger partial charge in [0.25, 0.3) is 6.43 Å². The molecule has 0 bridgehead atoms. The Bertz CT molecular complexity index is 1410. The van der Waals surface area contributed by atoms with E-state index in [0.717, 1.165) is 44.6 Å². The molecule has 0 atom stereocenters. The van der Waals surface area contributed by atoms with Crippen molar-refractivity contribution in [3.63, 3.8) is 0 Å². The average Bonchev–Trinajstić information content (AvgIpc) is 3.81. The molecule has 1 aromatic carbocycles. The number of ether oxygens (including phenoxy) is 1. The summed E-state index contributed by atoms with van der Waals surface area (Å²) in [7, 11) is 0. The zero-order valence-electron chi connectivity index (χ0n) is 23.9. The summed E-state index contributed by atoms with van der Waals surface area (Å²) in [5.41, 5.74) is 4.22. The molecule has 3 aromatic rings. The van der Waals surface area contributed by atoms with Crippen molar-refractivity contribution in [2.75, 3.05) is 31.1 Å². The molecular weight excluding hydrogens is 538 g/mol. The molecule has 3 fully saturated rings. The van der Waals surface area contributed by atoms with E-state index in [1.54, 1.807) is 18.2 Å². The van der Waals surface area contributed by atoms with Crippen LogP contribution in [-0.2, 0) is 23.4 Å². The molecule has 2 aliphatic heterocycles. The lowest BCUT2D eigenvalue weighted by Gasteiger charge is -2.55. The maximum Gasteiger partial charge on any atom is 0.280 e. The number of piperidine rings is 1. The molecule has 3 aliphatic rings. The lowest BCUT2D eigenvalue weighted by atomic mass is 9.71. The normalized spacial score (nSPS) is 18.5. The number of hydrogen-bond donors (Lipinski definition) is 1. The van der Waals surface area contributed by atoms with Crippen molar-refractivity contribution in [1.82, 2.24) is 25.4 Å². The van der Waals surface area contributed by atoms with E-state index >= 15 is 0 Å². The van der Waals surface area contributed by atoms with Gasteiger partial charge >= 0.3 is 0 Å². The topological polar surface area (TPSA) is 83.5 Å². The Morgan fingerprint density at radius 2 is 1.71 bits per heavy atom. The van der Waals surface area contributed by atoms with Crippen molar-refractivity contribution in [3.05, 3.63) is 89.5 Å². The molecule has 2 aromatic heterocycles. The maximum absolute atomic E-state index is 13.2. The second-order valence-electron chi connectivity index (χ2n) is 11.9. The number of aromatic nitrogens is 3. The van der Waals surface area contributed by atoms with Crippen LogP contribution in [0.2, 0.25) is 0 Å². The van der Waals surface area contributed by atoms with Crippen LogP contribution in [0.3, 0.4) is 0 Å². The smallest absolute Gasteiger partial charge is 0.280 e. The number of anilines is 1. The molecule has 0 unspecified atom stereocenters. The SMILES string of the molecule is C=C(C)N1CCC2(CC1)CN(c1ccc(CNC(=O)C3(c4ccc(OCc5ccc(C(F)F)nc5)nn4)CC3)cc1)C2. The van der Waals surface area contributed by atoms with Gasteiger partial charge in [-0.1, -0.05) is 24.8 Å². The highest BCUT2D eigenvalue weighted by Gasteiger charge is 2.53. The number of nitrogens with zero attached hydrogens (tertiary/aromatic N) is 5. The fraction of sp³-hybridized carbons (Fsp3) is 0.438. The van der Waals surface area contributed by atoms with Gasteiger partial charge in [-0.05, 0) is 62.4 Å². The van der Waals surface area contributed by atoms with Gasteiger partial charge in [0.1, 0.15) is 12.3 Å². The minimum atomic E-state index is -2.61. The first-order chi connectivity index (χ1) is 20.3. The second kappa shape index (κ2) is 11.3. The Hall–Kier alpha value is -4.08. The monoisotopic (exact) mass is 574 g/mol. The summed E-state index contributed by atoms with van der Waals surface area (Å²) >= 11 is 0. The van der Waals surface area contributed by atoms with E-state index in [0.29, 0.717) is 29.1 Å². The zero-order chi connectivity index (χ0) is 29.3. The van der Waals surface area contributed by atoms with Crippen LogP contribution in [0.25, 0.3) is 0 Å². The predicted molar refractivity (Wildman–Crippen MR) is 155 cm³/mol. The number of allylic oxidation sites excluding steroid dienone is 1. The first-order valence-corrected chi connectivity index (χ1v) is 14.5. The number of carbonyl (C=O) groups excluding carboxylic acids is 1. The van der Waals surface area contributed by atoms with Crippen LogP contribution in [0.1, 0.15) is 61.5 Å². The second-order valence-corrected chi connectivity index (χ2v) is 11.9. The zero-order valence-corrected chi connectivity index (χ0v) is 23.9. The Morgan fingerprint density at radius 3 is 2.29 bits per heavy atom. The number of halogens is 2. The number of nitrogens with one attached hydrogen (secondary N) is 1. The summed E-state index contributed by atoms with van der Waals surface area (Å²) in [5, 5.41) is 11.5. The quantitative estimate of drug-likeness (QED) is 0.358. The summed E-state index contributed by atoms with van der Waals surface area (Å²) in [6.07, 6.45) is 2.63. The molecule has 4 heterocycles. The van der Waals surface area contributed by atoms with Crippen LogP contribution in [-0.4, -0.2) is 52.2 Å². The van der Waals surface area contributed by atoms with Gasteiger partial charge in [0.2, 0.25) is 11.8 Å².